The van der Waals surface area contributed by atoms with E-state index in [-0.39, 0.29) is 0 Å². The van der Waals surface area contributed by atoms with Crippen LogP contribution in [0.15, 0.2) is 0 Å². The Morgan fingerprint density at radius 3 is 1.85 bits per heavy atom. The molecule has 1 aliphatic heterocycles. The molecule has 0 aliphatic carbocycles. The first-order valence-electron chi connectivity index (χ1n) is 5.70. The summed E-state index contributed by atoms with van der Waals surface area (Å²) in [5.74, 6) is -5.33. The zero-order valence-electron chi connectivity index (χ0n) is 10.2. The van der Waals surface area contributed by atoms with E-state index in [1.54, 1.807) is 0 Å². The molecule has 0 amide bonds. The first-order valence-corrected chi connectivity index (χ1v) is 5.70. The topological polar surface area (TPSA) is 174 Å². The van der Waals surface area contributed by atoms with Gasteiger partial charge in [0.2, 0.25) is 0 Å². The van der Waals surface area contributed by atoms with Crippen molar-refractivity contribution in [1.29, 1.82) is 0 Å². The first-order chi connectivity index (χ1) is 9.21. The van der Waals surface area contributed by atoms with Crippen LogP contribution in [0.2, 0.25) is 0 Å². The molecule has 10 heteroatoms. The van der Waals surface area contributed by atoms with Crippen molar-refractivity contribution in [2.45, 2.75) is 43.2 Å². The molecule has 6 N–H and O–H groups in total. The number of cyclic esters (lactones) is 2. The van der Waals surface area contributed by atoms with Gasteiger partial charge in [0.05, 0.1) is 19.4 Å². The smallest absolute Gasteiger partial charge is 0.396 e. The second kappa shape index (κ2) is 6.43. The molecule has 4 atom stereocenters. The van der Waals surface area contributed by atoms with Gasteiger partial charge in [-0.25, -0.2) is 0 Å². The van der Waals surface area contributed by atoms with Crippen molar-refractivity contribution in [3.05, 3.63) is 0 Å². The zero-order chi connectivity index (χ0) is 15.5. The molecule has 10 nitrogen and oxygen atoms in total. The van der Waals surface area contributed by atoms with Crippen LogP contribution in [0.3, 0.4) is 0 Å². The Balaban J connectivity index is 2.88. The number of aliphatic hydroxyl groups is 6. The zero-order valence-corrected chi connectivity index (χ0v) is 10.2. The maximum absolute atomic E-state index is 11.2. The van der Waals surface area contributed by atoms with E-state index >= 15 is 0 Å². The maximum atomic E-state index is 11.2. The molecule has 116 valence electrons. The van der Waals surface area contributed by atoms with Crippen molar-refractivity contribution in [3.8, 4) is 0 Å². The highest BCUT2D eigenvalue weighted by Gasteiger charge is 2.52. The molecule has 20 heavy (non-hydrogen) atoms. The minimum Gasteiger partial charge on any atom is -0.396 e. The van der Waals surface area contributed by atoms with Gasteiger partial charge in [-0.05, 0) is 0 Å². The van der Waals surface area contributed by atoms with Gasteiger partial charge in [0.15, 0.2) is 6.10 Å². The number of carbonyl (C=O) groups excluding carboxylic acids is 2. The second-order valence-electron chi connectivity index (χ2n) is 4.25. The van der Waals surface area contributed by atoms with Gasteiger partial charge in [-0.1, -0.05) is 0 Å². The van der Waals surface area contributed by atoms with Crippen LogP contribution in [-0.2, 0) is 19.1 Å². The van der Waals surface area contributed by atoms with Crippen LogP contribution in [-0.4, -0.2) is 79.6 Å². The Kier molecular flexibility index (Phi) is 5.39. The van der Waals surface area contributed by atoms with Crippen LogP contribution in [0.1, 0.15) is 12.8 Å². The van der Waals surface area contributed by atoms with E-state index in [0.29, 0.717) is 0 Å². The van der Waals surface area contributed by atoms with Gasteiger partial charge in [-0.3, -0.25) is 9.59 Å². The normalized spacial score (nSPS) is 24.9. The fraction of sp³-hybridized carbons (Fsp3) is 0.800. The van der Waals surface area contributed by atoms with Gasteiger partial charge in [-0.2, -0.15) is 0 Å². The molecule has 0 radical (unpaired) electrons. The highest BCUT2D eigenvalue weighted by molar-refractivity contribution is 5.79. The lowest BCUT2D eigenvalue weighted by Gasteiger charge is -2.34. The summed E-state index contributed by atoms with van der Waals surface area (Å²) in [5, 5.41) is 56.1. The van der Waals surface area contributed by atoms with Crippen LogP contribution < -0.4 is 0 Å². The second-order valence-corrected chi connectivity index (χ2v) is 4.25. The van der Waals surface area contributed by atoms with E-state index in [0.717, 1.165) is 0 Å². The summed E-state index contributed by atoms with van der Waals surface area (Å²) in [6.07, 6.45) is -9.43. The molecule has 1 fully saturated rings. The van der Waals surface area contributed by atoms with Gasteiger partial charge in [-0.15, -0.1) is 0 Å². The van der Waals surface area contributed by atoms with Crippen molar-refractivity contribution >= 4 is 11.9 Å². The fourth-order valence-corrected chi connectivity index (χ4v) is 1.51. The first kappa shape index (κ1) is 16.8. The fourth-order valence-electron chi connectivity index (χ4n) is 1.51. The molecule has 0 aromatic carbocycles. The summed E-state index contributed by atoms with van der Waals surface area (Å²) in [6, 6.07) is 0. The number of aliphatic hydroxyl groups excluding tert-OH is 5. The van der Waals surface area contributed by atoms with E-state index in [1.807, 2.05) is 0 Å². The third-order valence-corrected chi connectivity index (χ3v) is 2.68. The minimum atomic E-state index is -3.19. The lowest BCUT2D eigenvalue weighted by Crippen LogP contribution is -2.59. The molecule has 0 aromatic heterocycles. The lowest BCUT2D eigenvalue weighted by atomic mass is 10.0. The van der Waals surface area contributed by atoms with Crippen molar-refractivity contribution in [2.75, 3.05) is 6.61 Å². The van der Waals surface area contributed by atoms with E-state index in [1.165, 1.54) is 0 Å². The van der Waals surface area contributed by atoms with Crippen molar-refractivity contribution in [3.63, 3.8) is 0 Å². The Morgan fingerprint density at radius 1 is 1.00 bits per heavy atom. The van der Waals surface area contributed by atoms with E-state index in [4.69, 9.17) is 10.2 Å². The summed E-state index contributed by atoms with van der Waals surface area (Å²) in [4.78, 5) is 22.3. The molecule has 0 aromatic rings. The minimum absolute atomic E-state index is 0.397. The van der Waals surface area contributed by atoms with E-state index in [9.17, 15) is 30.0 Å². The number of ether oxygens (including phenoxy) is 2. The van der Waals surface area contributed by atoms with Crippen LogP contribution in [0, 0.1) is 0 Å². The molecule has 1 aliphatic rings. The van der Waals surface area contributed by atoms with Crippen LogP contribution in [0.5, 0.6) is 0 Å². The Morgan fingerprint density at radius 2 is 1.45 bits per heavy atom. The highest BCUT2D eigenvalue weighted by Crippen LogP contribution is 2.24. The monoisotopic (exact) mass is 296 g/mol. The number of hydrogen-bond acceptors (Lipinski definition) is 10. The number of rotatable bonds is 5. The molecule has 1 saturated heterocycles. The van der Waals surface area contributed by atoms with Gasteiger partial charge in [0, 0.05) is 0 Å². The molecular formula is C10H16O10. The van der Waals surface area contributed by atoms with Crippen LogP contribution in [0.25, 0.3) is 0 Å². The number of esters is 2. The number of hydrogen-bond donors (Lipinski definition) is 6. The van der Waals surface area contributed by atoms with Crippen molar-refractivity contribution in [1.82, 2.24) is 0 Å². The van der Waals surface area contributed by atoms with E-state index < -0.39 is 61.8 Å². The standard InChI is InChI=1S/C10H16O10/c11-3-4(12)7(15)8(16)9(17)10(18)19-5(13)1-2-6(14)20-10/h4,7-9,11-12,15-18H,1-3H2/t4-,7+,8+,9+/m0/s1. The highest BCUT2D eigenvalue weighted by atomic mass is 16.9. The van der Waals surface area contributed by atoms with Crippen molar-refractivity contribution < 1.29 is 49.7 Å². The molecule has 0 spiro atoms. The van der Waals surface area contributed by atoms with Gasteiger partial charge in [0.1, 0.15) is 18.3 Å². The maximum Gasteiger partial charge on any atom is 0.403 e. The molecule has 0 bridgehead atoms. The summed E-state index contributed by atoms with van der Waals surface area (Å²) in [7, 11) is 0. The summed E-state index contributed by atoms with van der Waals surface area (Å²) in [6.45, 7) is -0.942. The van der Waals surface area contributed by atoms with Gasteiger partial charge in [0.25, 0.3) is 0 Å². The Hall–Kier alpha value is -1.30. The number of carbonyl (C=O) groups is 2. The van der Waals surface area contributed by atoms with E-state index in [2.05, 4.69) is 9.47 Å². The largest absolute Gasteiger partial charge is 0.403 e. The summed E-state index contributed by atoms with van der Waals surface area (Å²) >= 11 is 0. The average Bonchev–Trinajstić information content (AvgIpc) is 2.54. The Labute approximate surface area is 112 Å². The Bertz CT molecular complexity index is 351. The SMILES string of the molecule is O=C1CCC(=O)OC(O)([C@H](O)[C@H](O)[C@H](O)[C@@H](O)CO)O1. The van der Waals surface area contributed by atoms with Crippen molar-refractivity contribution in [2.24, 2.45) is 0 Å². The van der Waals surface area contributed by atoms with Crippen LogP contribution in [0.4, 0.5) is 0 Å². The molecule has 0 unspecified atom stereocenters. The van der Waals surface area contributed by atoms with Crippen LogP contribution >= 0.6 is 0 Å². The van der Waals surface area contributed by atoms with Gasteiger partial charge >= 0.3 is 17.9 Å². The summed E-state index contributed by atoms with van der Waals surface area (Å²) < 4.78 is 8.65. The average molecular weight is 296 g/mol. The summed E-state index contributed by atoms with van der Waals surface area (Å²) in [5.41, 5.74) is 0. The molecule has 1 heterocycles. The third kappa shape index (κ3) is 3.62. The third-order valence-electron chi connectivity index (χ3n) is 2.68. The predicted molar refractivity (Wildman–Crippen MR) is 57.5 cm³/mol. The van der Waals surface area contributed by atoms with Gasteiger partial charge < -0.3 is 40.1 Å². The molecular weight excluding hydrogens is 280 g/mol. The quantitative estimate of drug-likeness (QED) is 0.274. The lowest BCUT2D eigenvalue weighted by molar-refractivity contribution is -0.372. The molecule has 1 rings (SSSR count). The molecule has 0 saturated carbocycles. The predicted octanol–water partition coefficient (Wildman–Crippen LogP) is -4.05.